The second kappa shape index (κ2) is 7.01. The number of halogens is 1. The normalized spacial score (nSPS) is 24.6. The summed E-state index contributed by atoms with van der Waals surface area (Å²) >= 11 is 0. The molecule has 2 rings (SSSR count). The Morgan fingerprint density at radius 1 is 1.37 bits per heavy atom. The SMILES string of the molecule is CCN1CC[C@@H](NCCc2ccccc2F)[C@@H](C)C1. The van der Waals surface area contributed by atoms with Crippen LogP contribution in [0.25, 0.3) is 0 Å². The number of hydrogen-bond donors (Lipinski definition) is 1. The van der Waals surface area contributed by atoms with Gasteiger partial charge in [0.15, 0.2) is 0 Å². The zero-order chi connectivity index (χ0) is 13.7. The van der Waals surface area contributed by atoms with E-state index in [2.05, 4.69) is 24.1 Å². The molecule has 1 aromatic rings. The molecular weight excluding hydrogens is 239 g/mol. The fourth-order valence-electron chi connectivity index (χ4n) is 2.92. The van der Waals surface area contributed by atoms with Gasteiger partial charge >= 0.3 is 0 Å². The van der Waals surface area contributed by atoms with Crippen LogP contribution in [0.5, 0.6) is 0 Å². The lowest BCUT2D eigenvalue weighted by atomic mass is 9.93. The molecule has 1 aromatic carbocycles. The van der Waals surface area contributed by atoms with E-state index in [4.69, 9.17) is 0 Å². The lowest BCUT2D eigenvalue weighted by molar-refractivity contribution is 0.154. The van der Waals surface area contributed by atoms with Crippen molar-refractivity contribution in [2.45, 2.75) is 32.7 Å². The number of nitrogens with zero attached hydrogens (tertiary/aromatic N) is 1. The molecule has 1 saturated heterocycles. The monoisotopic (exact) mass is 264 g/mol. The predicted octanol–water partition coefficient (Wildman–Crippen LogP) is 2.69. The third kappa shape index (κ3) is 4.02. The third-order valence-electron chi connectivity index (χ3n) is 4.20. The van der Waals surface area contributed by atoms with Crippen molar-refractivity contribution < 1.29 is 4.39 Å². The van der Waals surface area contributed by atoms with E-state index in [0.29, 0.717) is 12.0 Å². The first kappa shape index (κ1) is 14.5. The average Bonchev–Trinajstić information content (AvgIpc) is 2.42. The first-order chi connectivity index (χ1) is 9.20. The van der Waals surface area contributed by atoms with Gasteiger partial charge in [0.25, 0.3) is 0 Å². The molecule has 0 unspecified atom stereocenters. The van der Waals surface area contributed by atoms with Crippen LogP contribution in [0.3, 0.4) is 0 Å². The molecule has 2 nitrogen and oxygen atoms in total. The minimum atomic E-state index is -0.0850. The van der Waals surface area contributed by atoms with Crippen LogP contribution >= 0.6 is 0 Å². The van der Waals surface area contributed by atoms with Gasteiger partial charge in [0.1, 0.15) is 5.82 Å². The molecule has 106 valence electrons. The van der Waals surface area contributed by atoms with Crippen LogP contribution in [0.1, 0.15) is 25.8 Å². The summed E-state index contributed by atoms with van der Waals surface area (Å²) in [5.74, 6) is 0.590. The van der Waals surface area contributed by atoms with E-state index in [1.54, 1.807) is 6.07 Å². The summed E-state index contributed by atoms with van der Waals surface area (Å²) in [6.07, 6.45) is 1.97. The molecule has 1 heterocycles. The first-order valence-electron chi connectivity index (χ1n) is 7.40. The molecule has 1 fully saturated rings. The van der Waals surface area contributed by atoms with Crippen molar-refractivity contribution >= 4 is 0 Å². The summed E-state index contributed by atoms with van der Waals surface area (Å²) in [5.41, 5.74) is 0.814. The van der Waals surface area contributed by atoms with Crippen LogP contribution in [0, 0.1) is 11.7 Å². The Morgan fingerprint density at radius 3 is 2.84 bits per heavy atom. The van der Waals surface area contributed by atoms with Crippen molar-refractivity contribution in [3.8, 4) is 0 Å². The van der Waals surface area contributed by atoms with Crippen LogP contribution in [-0.2, 0) is 6.42 Å². The van der Waals surface area contributed by atoms with Crippen LogP contribution in [0.4, 0.5) is 4.39 Å². The standard InChI is InChI=1S/C16H25FN2/c1-3-19-11-9-16(13(2)12-19)18-10-8-14-6-4-5-7-15(14)17/h4-7,13,16,18H,3,8-12H2,1-2H3/t13-,16+/m0/s1. The fourth-order valence-corrected chi connectivity index (χ4v) is 2.92. The largest absolute Gasteiger partial charge is 0.313 e. The molecule has 19 heavy (non-hydrogen) atoms. The Kier molecular flexibility index (Phi) is 5.34. The molecule has 0 amide bonds. The highest BCUT2D eigenvalue weighted by molar-refractivity contribution is 5.17. The zero-order valence-electron chi connectivity index (χ0n) is 12.0. The minimum absolute atomic E-state index is 0.0850. The van der Waals surface area contributed by atoms with E-state index < -0.39 is 0 Å². The molecule has 0 radical (unpaired) electrons. The number of piperidine rings is 1. The number of likely N-dealkylation sites (tertiary alicyclic amines) is 1. The highest BCUT2D eigenvalue weighted by atomic mass is 19.1. The minimum Gasteiger partial charge on any atom is -0.313 e. The van der Waals surface area contributed by atoms with E-state index in [9.17, 15) is 4.39 Å². The molecule has 1 aliphatic rings. The number of benzene rings is 1. The fraction of sp³-hybridized carbons (Fsp3) is 0.625. The number of nitrogens with one attached hydrogen (secondary N) is 1. The summed E-state index contributed by atoms with van der Waals surface area (Å²) in [4.78, 5) is 2.50. The Labute approximate surface area is 116 Å². The summed E-state index contributed by atoms with van der Waals surface area (Å²) in [7, 11) is 0. The summed E-state index contributed by atoms with van der Waals surface area (Å²) in [5, 5.41) is 3.60. The number of rotatable bonds is 5. The highest BCUT2D eigenvalue weighted by Crippen LogP contribution is 2.16. The van der Waals surface area contributed by atoms with Crippen molar-refractivity contribution in [1.82, 2.24) is 10.2 Å². The molecule has 0 bridgehead atoms. The summed E-state index contributed by atoms with van der Waals surface area (Å²) in [6, 6.07) is 7.64. The second-order valence-electron chi connectivity index (χ2n) is 5.56. The number of hydrogen-bond acceptors (Lipinski definition) is 2. The Balaban J connectivity index is 1.76. The molecule has 0 spiro atoms. The predicted molar refractivity (Wildman–Crippen MR) is 77.8 cm³/mol. The maximum atomic E-state index is 13.5. The Bertz CT molecular complexity index is 394. The topological polar surface area (TPSA) is 15.3 Å². The van der Waals surface area contributed by atoms with Crippen molar-refractivity contribution in [2.24, 2.45) is 5.92 Å². The molecule has 0 saturated carbocycles. The smallest absolute Gasteiger partial charge is 0.126 e. The highest BCUT2D eigenvalue weighted by Gasteiger charge is 2.24. The van der Waals surface area contributed by atoms with E-state index in [1.165, 1.54) is 25.6 Å². The quantitative estimate of drug-likeness (QED) is 0.879. The Morgan fingerprint density at radius 2 is 2.16 bits per heavy atom. The van der Waals surface area contributed by atoms with Gasteiger partial charge in [0.05, 0.1) is 0 Å². The first-order valence-corrected chi connectivity index (χ1v) is 7.40. The van der Waals surface area contributed by atoms with Crippen LogP contribution < -0.4 is 5.32 Å². The van der Waals surface area contributed by atoms with Gasteiger partial charge in [-0.2, -0.15) is 0 Å². The van der Waals surface area contributed by atoms with Crippen molar-refractivity contribution in [3.05, 3.63) is 35.6 Å². The molecule has 1 N–H and O–H groups in total. The average molecular weight is 264 g/mol. The van der Waals surface area contributed by atoms with Crippen molar-refractivity contribution in [2.75, 3.05) is 26.2 Å². The maximum absolute atomic E-state index is 13.5. The van der Waals surface area contributed by atoms with E-state index >= 15 is 0 Å². The van der Waals surface area contributed by atoms with Gasteiger partial charge in [-0.25, -0.2) is 4.39 Å². The molecule has 0 aliphatic carbocycles. The lowest BCUT2D eigenvalue weighted by Gasteiger charge is -2.37. The van der Waals surface area contributed by atoms with Gasteiger partial charge in [-0.1, -0.05) is 32.0 Å². The van der Waals surface area contributed by atoms with E-state index in [1.807, 2.05) is 12.1 Å². The van der Waals surface area contributed by atoms with Crippen molar-refractivity contribution in [3.63, 3.8) is 0 Å². The lowest BCUT2D eigenvalue weighted by Crippen LogP contribution is -2.48. The molecule has 0 aromatic heterocycles. The maximum Gasteiger partial charge on any atom is 0.126 e. The van der Waals surface area contributed by atoms with Gasteiger partial charge in [0.2, 0.25) is 0 Å². The summed E-state index contributed by atoms with van der Waals surface area (Å²) < 4.78 is 13.5. The molecule has 3 heteroatoms. The van der Waals surface area contributed by atoms with Crippen LogP contribution in [0.15, 0.2) is 24.3 Å². The second-order valence-corrected chi connectivity index (χ2v) is 5.56. The van der Waals surface area contributed by atoms with Gasteiger partial charge in [0, 0.05) is 12.6 Å². The zero-order valence-corrected chi connectivity index (χ0v) is 12.0. The third-order valence-corrected chi connectivity index (χ3v) is 4.20. The van der Waals surface area contributed by atoms with Gasteiger partial charge in [-0.3, -0.25) is 0 Å². The van der Waals surface area contributed by atoms with Gasteiger partial charge in [-0.05, 0) is 50.0 Å². The Hall–Kier alpha value is -0.930. The van der Waals surface area contributed by atoms with Crippen molar-refractivity contribution in [1.29, 1.82) is 0 Å². The summed E-state index contributed by atoms with van der Waals surface area (Å²) in [6.45, 7) is 8.89. The molecular formula is C16H25FN2. The van der Waals surface area contributed by atoms with Crippen LogP contribution in [0.2, 0.25) is 0 Å². The van der Waals surface area contributed by atoms with E-state index in [-0.39, 0.29) is 5.82 Å². The molecule has 2 atom stereocenters. The van der Waals surface area contributed by atoms with Crippen LogP contribution in [-0.4, -0.2) is 37.1 Å². The van der Waals surface area contributed by atoms with Gasteiger partial charge in [-0.15, -0.1) is 0 Å². The van der Waals surface area contributed by atoms with Gasteiger partial charge < -0.3 is 10.2 Å². The molecule has 1 aliphatic heterocycles. The van der Waals surface area contributed by atoms with E-state index in [0.717, 1.165) is 25.1 Å².